The minimum Gasteiger partial charge on any atom is -0.497 e. The van der Waals surface area contributed by atoms with Crippen molar-refractivity contribution in [1.82, 2.24) is 0 Å². The maximum absolute atomic E-state index is 10.7. The van der Waals surface area contributed by atoms with Crippen LogP contribution in [0.2, 0.25) is 0 Å². The van der Waals surface area contributed by atoms with Gasteiger partial charge in [0, 0.05) is 12.1 Å². The molecule has 0 atom stereocenters. The number of allylic oxidation sites excluding steroid dienone is 1. The highest BCUT2D eigenvalue weighted by Gasteiger charge is 2.12. The molecule has 2 rings (SSSR count). The molecule has 0 bridgehead atoms. The van der Waals surface area contributed by atoms with Crippen molar-refractivity contribution in [2.75, 3.05) is 13.7 Å². The van der Waals surface area contributed by atoms with E-state index in [-0.39, 0.29) is 12.3 Å². The second-order valence-corrected chi connectivity index (χ2v) is 4.90. The highest BCUT2D eigenvalue weighted by molar-refractivity contribution is 5.78. The van der Waals surface area contributed by atoms with Crippen molar-refractivity contribution in [3.8, 4) is 6.07 Å². The Morgan fingerprint density at radius 2 is 1.83 bits per heavy atom. The van der Waals surface area contributed by atoms with Gasteiger partial charge in [0.05, 0.1) is 24.2 Å². The van der Waals surface area contributed by atoms with E-state index in [0.717, 1.165) is 5.56 Å². The molecule has 2 aromatic carbocycles. The van der Waals surface area contributed by atoms with Gasteiger partial charge in [-0.25, -0.2) is 0 Å². The Balaban J connectivity index is 2.13. The van der Waals surface area contributed by atoms with E-state index in [1.807, 2.05) is 30.3 Å². The van der Waals surface area contributed by atoms with Crippen LogP contribution in [0.25, 0.3) is 5.57 Å². The third-order valence-corrected chi connectivity index (χ3v) is 3.35. The topological polar surface area (TPSA) is 85.4 Å². The van der Waals surface area contributed by atoms with Crippen molar-refractivity contribution in [1.29, 1.82) is 5.26 Å². The summed E-state index contributed by atoms with van der Waals surface area (Å²) in [6.07, 6.45) is 0. The zero-order valence-electron chi connectivity index (χ0n) is 13.1. The van der Waals surface area contributed by atoms with Crippen LogP contribution < -0.4 is 0 Å². The first kappa shape index (κ1) is 17.2. The Hall–Kier alpha value is -3.17. The van der Waals surface area contributed by atoms with E-state index < -0.39 is 4.92 Å². The number of ether oxygens (including phenoxy) is 2. The number of methoxy groups -OCH3 is 1. The lowest BCUT2D eigenvalue weighted by Crippen LogP contribution is -2.04. The summed E-state index contributed by atoms with van der Waals surface area (Å²) >= 11 is 0. The van der Waals surface area contributed by atoms with Gasteiger partial charge in [-0.05, 0) is 23.3 Å². The van der Waals surface area contributed by atoms with Crippen molar-refractivity contribution in [3.63, 3.8) is 0 Å². The largest absolute Gasteiger partial charge is 0.497 e. The number of rotatable bonds is 7. The summed E-state index contributed by atoms with van der Waals surface area (Å²) in [5.74, 6) is 0.377. The lowest BCUT2D eigenvalue weighted by molar-refractivity contribution is -0.384. The minimum atomic E-state index is -0.486. The smallest absolute Gasteiger partial charge is 0.269 e. The van der Waals surface area contributed by atoms with Gasteiger partial charge in [0.1, 0.15) is 18.4 Å². The Morgan fingerprint density at radius 3 is 2.38 bits per heavy atom. The third kappa shape index (κ3) is 4.41. The minimum absolute atomic E-state index is 0.0321. The van der Waals surface area contributed by atoms with Gasteiger partial charge in [-0.2, -0.15) is 5.26 Å². The molecule has 0 aliphatic rings. The Kier molecular flexibility index (Phi) is 6.06. The standard InChI is InChI=1S/C18H16N2O4/c1-23-18(13-24-12-14-5-3-2-4-6-14)17(11-19)15-7-9-16(10-8-15)20(21)22/h2-10H,12-13H2,1H3/b18-17+. The third-order valence-electron chi connectivity index (χ3n) is 3.35. The Morgan fingerprint density at radius 1 is 1.17 bits per heavy atom. The first-order chi connectivity index (χ1) is 11.7. The summed E-state index contributed by atoms with van der Waals surface area (Å²) in [6, 6.07) is 17.5. The monoisotopic (exact) mass is 324 g/mol. The van der Waals surface area contributed by atoms with Crippen molar-refractivity contribution in [2.45, 2.75) is 6.61 Å². The van der Waals surface area contributed by atoms with Crippen LogP contribution in [0.1, 0.15) is 11.1 Å². The molecule has 2 aromatic rings. The van der Waals surface area contributed by atoms with Gasteiger partial charge in [0.2, 0.25) is 0 Å². The molecule has 0 saturated heterocycles. The molecule has 0 N–H and O–H groups in total. The van der Waals surface area contributed by atoms with E-state index in [1.54, 1.807) is 0 Å². The zero-order valence-corrected chi connectivity index (χ0v) is 13.1. The molecular weight excluding hydrogens is 308 g/mol. The maximum Gasteiger partial charge on any atom is 0.269 e. The molecule has 0 spiro atoms. The molecule has 6 heteroatoms. The second kappa shape index (κ2) is 8.46. The zero-order chi connectivity index (χ0) is 17.4. The quantitative estimate of drug-likeness (QED) is 0.335. The lowest BCUT2D eigenvalue weighted by atomic mass is 10.1. The number of nitrogens with zero attached hydrogens (tertiary/aromatic N) is 2. The van der Waals surface area contributed by atoms with Crippen LogP contribution in [0.3, 0.4) is 0 Å². The van der Waals surface area contributed by atoms with Gasteiger partial charge in [-0.3, -0.25) is 10.1 Å². The molecule has 0 aromatic heterocycles. The van der Waals surface area contributed by atoms with Gasteiger partial charge in [-0.1, -0.05) is 30.3 Å². The van der Waals surface area contributed by atoms with E-state index >= 15 is 0 Å². The number of nitriles is 1. The summed E-state index contributed by atoms with van der Waals surface area (Å²) < 4.78 is 10.9. The van der Waals surface area contributed by atoms with Crippen LogP contribution in [0.5, 0.6) is 0 Å². The second-order valence-electron chi connectivity index (χ2n) is 4.90. The molecule has 0 unspecified atom stereocenters. The molecule has 6 nitrogen and oxygen atoms in total. The molecule has 0 saturated carbocycles. The van der Waals surface area contributed by atoms with Crippen molar-refractivity contribution < 1.29 is 14.4 Å². The van der Waals surface area contributed by atoms with E-state index in [9.17, 15) is 15.4 Å². The predicted molar refractivity (Wildman–Crippen MR) is 88.7 cm³/mol. The molecule has 0 fully saturated rings. The van der Waals surface area contributed by atoms with E-state index in [2.05, 4.69) is 6.07 Å². The summed E-state index contributed by atoms with van der Waals surface area (Å²) in [7, 11) is 1.46. The molecule has 0 aliphatic carbocycles. The lowest BCUT2D eigenvalue weighted by Gasteiger charge is -2.10. The van der Waals surface area contributed by atoms with Crippen LogP contribution in [-0.4, -0.2) is 18.6 Å². The van der Waals surface area contributed by atoms with E-state index in [1.165, 1.54) is 31.4 Å². The number of non-ortho nitro benzene ring substituents is 1. The van der Waals surface area contributed by atoms with E-state index in [0.29, 0.717) is 23.5 Å². The SMILES string of the molecule is CO/C(COCc1ccccc1)=C(\C#N)c1ccc([N+](=O)[O-])cc1. The summed E-state index contributed by atoms with van der Waals surface area (Å²) in [5, 5.41) is 20.1. The summed E-state index contributed by atoms with van der Waals surface area (Å²) in [5.41, 5.74) is 1.82. The van der Waals surface area contributed by atoms with Crippen LogP contribution in [0.4, 0.5) is 5.69 Å². The molecule has 122 valence electrons. The molecule has 0 radical (unpaired) electrons. The van der Waals surface area contributed by atoms with Crippen LogP contribution in [0.15, 0.2) is 60.4 Å². The van der Waals surface area contributed by atoms with Gasteiger partial charge >= 0.3 is 0 Å². The first-order valence-corrected chi connectivity index (χ1v) is 7.19. The predicted octanol–water partition coefficient (Wildman–Crippen LogP) is 3.69. The number of hydrogen-bond acceptors (Lipinski definition) is 5. The number of nitro groups is 1. The molecule has 0 amide bonds. The molecule has 0 heterocycles. The van der Waals surface area contributed by atoms with Gasteiger partial charge < -0.3 is 9.47 Å². The van der Waals surface area contributed by atoms with Crippen molar-refractivity contribution in [3.05, 3.63) is 81.6 Å². The Bertz CT molecular complexity index is 762. The number of hydrogen-bond donors (Lipinski definition) is 0. The maximum atomic E-state index is 10.7. The average Bonchev–Trinajstić information content (AvgIpc) is 2.62. The fourth-order valence-electron chi connectivity index (χ4n) is 2.11. The molecule has 24 heavy (non-hydrogen) atoms. The van der Waals surface area contributed by atoms with Crippen LogP contribution in [-0.2, 0) is 16.1 Å². The summed E-state index contributed by atoms with van der Waals surface area (Å²) in [4.78, 5) is 10.2. The van der Waals surface area contributed by atoms with Gasteiger partial charge in [-0.15, -0.1) is 0 Å². The van der Waals surface area contributed by atoms with Crippen molar-refractivity contribution in [2.24, 2.45) is 0 Å². The van der Waals surface area contributed by atoms with Crippen LogP contribution in [0, 0.1) is 21.4 Å². The first-order valence-electron chi connectivity index (χ1n) is 7.19. The van der Waals surface area contributed by atoms with Gasteiger partial charge in [0.25, 0.3) is 5.69 Å². The fraction of sp³-hybridized carbons (Fsp3) is 0.167. The summed E-state index contributed by atoms with van der Waals surface area (Å²) in [6.45, 7) is 0.526. The number of benzene rings is 2. The normalized spacial score (nSPS) is 11.3. The number of nitro benzene ring substituents is 1. The highest BCUT2D eigenvalue weighted by atomic mass is 16.6. The average molecular weight is 324 g/mol. The molecular formula is C18H16N2O4. The van der Waals surface area contributed by atoms with Crippen molar-refractivity contribution >= 4 is 11.3 Å². The highest BCUT2D eigenvalue weighted by Crippen LogP contribution is 2.22. The Labute approximate surface area is 139 Å². The van der Waals surface area contributed by atoms with E-state index in [4.69, 9.17) is 9.47 Å². The fourth-order valence-corrected chi connectivity index (χ4v) is 2.11. The van der Waals surface area contributed by atoms with Crippen LogP contribution >= 0.6 is 0 Å². The van der Waals surface area contributed by atoms with Gasteiger partial charge in [0.15, 0.2) is 0 Å². The molecule has 0 aliphatic heterocycles.